The van der Waals surface area contributed by atoms with Crippen molar-refractivity contribution in [3.05, 3.63) is 58.9 Å². The highest BCUT2D eigenvalue weighted by atomic mass is 16.5. The van der Waals surface area contributed by atoms with Gasteiger partial charge in [0.2, 0.25) is 0 Å². The molecule has 1 aromatic rings. The van der Waals surface area contributed by atoms with Gasteiger partial charge in [-0.05, 0) is 49.3 Å². The van der Waals surface area contributed by atoms with E-state index in [1.807, 2.05) is 6.07 Å². The standard InChI is InChI=1S/C17H22O/c1-4-15-10-13(2)17(14(3)11-15)18-12-16-8-6-5-7-9-16/h5-10,15H,4,11-12H2,1-3H3. The van der Waals surface area contributed by atoms with Crippen LogP contribution in [0.5, 0.6) is 0 Å². The van der Waals surface area contributed by atoms with Gasteiger partial charge in [0, 0.05) is 0 Å². The lowest BCUT2D eigenvalue weighted by Gasteiger charge is -2.23. The number of hydrogen-bond acceptors (Lipinski definition) is 1. The molecule has 1 heteroatoms. The van der Waals surface area contributed by atoms with Gasteiger partial charge < -0.3 is 4.74 Å². The van der Waals surface area contributed by atoms with E-state index in [0.29, 0.717) is 12.5 Å². The van der Waals surface area contributed by atoms with Crippen molar-refractivity contribution in [1.82, 2.24) is 0 Å². The molecule has 0 saturated carbocycles. The Morgan fingerprint density at radius 1 is 1.17 bits per heavy atom. The van der Waals surface area contributed by atoms with Crippen LogP contribution in [0.4, 0.5) is 0 Å². The average Bonchev–Trinajstić information content (AvgIpc) is 2.38. The van der Waals surface area contributed by atoms with Gasteiger partial charge in [0.15, 0.2) is 0 Å². The van der Waals surface area contributed by atoms with Crippen molar-refractivity contribution in [2.75, 3.05) is 0 Å². The first kappa shape index (κ1) is 12.9. The molecule has 0 aliphatic heterocycles. The lowest BCUT2D eigenvalue weighted by atomic mass is 9.88. The molecule has 1 aromatic carbocycles. The van der Waals surface area contributed by atoms with E-state index in [1.165, 1.54) is 23.1 Å². The van der Waals surface area contributed by atoms with Gasteiger partial charge in [-0.15, -0.1) is 0 Å². The predicted molar refractivity (Wildman–Crippen MR) is 76.1 cm³/mol. The smallest absolute Gasteiger partial charge is 0.121 e. The molecule has 0 aromatic heterocycles. The van der Waals surface area contributed by atoms with Crippen LogP contribution in [0.25, 0.3) is 0 Å². The zero-order valence-electron chi connectivity index (χ0n) is 11.6. The molecule has 1 nitrogen and oxygen atoms in total. The molecular weight excluding hydrogens is 220 g/mol. The Hall–Kier alpha value is -1.50. The van der Waals surface area contributed by atoms with Crippen LogP contribution in [0.2, 0.25) is 0 Å². The van der Waals surface area contributed by atoms with Crippen molar-refractivity contribution in [1.29, 1.82) is 0 Å². The van der Waals surface area contributed by atoms with Gasteiger partial charge in [-0.25, -0.2) is 0 Å². The van der Waals surface area contributed by atoms with Crippen LogP contribution in [-0.2, 0) is 11.3 Å². The van der Waals surface area contributed by atoms with Crippen LogP contribution in [0.1, 0.15) is 39.2 Å². The third kappa shape index (κ3) is 3.04. The highest BCUT2D eigenvalue weighted by molar-refractivity contribution is 5.33. The average molecular weight is 242 g/mol. The molecule has 2 rings (SSSR count). The molecule has 0 saturated heterocycles. The molecule has 1 atom stereocenters. The molecule has 1 aliphatic rings. The zero-order valence-corrected chi connectivity index (χ0v) is 11.6. The van der Waals surface area contributed by atoms with E-state index < -0.39 is 0 Å². The van der Waals surface area contributed by atoms with Crippen molar-refractivity contribution in [2.45, 2.75) is 40.2 Å². The summed E-state index contributed by atoms with van der Waals surface area (Å²) in [5.41, 5.74) is 3.91. The Morgan fingerprint density at radius 3 is 2.50 bits per heavy atom. The Labute approximate surface area is 110 Å². The van der Waals surface area contributed by atoms with E-state index in [1.54, 1.807) is 0 Å². The summed E-state index contributed by atoms with van der Waals surface area (Å²) in [5, 5.41) is 0. The summed E-state index contributed by atoms with van der Waals surface area (Å²) in [6.07, 6.45) is 4.70. The summed E-state index contributed by atoms with van der Waals surface area (Å²) in [5.74, 6) is 1.79. The van der Waals surface area contributed by atoms with Crippen molar-refractivity contribution in [3.63, 3.8) is 0 Å². The molecule has 0 fully saturated rings. The van der Waals surface area contributed by atoms with Gasteiger partial charge in [-0.3, -0.25) is 0 Å². The van der Waals surface area contributed by atoms with Gasteiger partial charge in [-0.1, -0.05) is 43.3 Å². The summed E-state index contributed by atoms with van der Waals surface area (Å²) >= 11 is 0. The number of allylic oxidation sites excluding steroid dienone is 3. The molecule has 0 heterocycles. The summed E-state index contributed by atoms with van der Waals surface area (Å²) in [6, 6.07) is 10.3. The van der Waals surface area contributed by atoms with Gasteiger partial charge in [-0.2, -0.15) is 0 Å². The van der Waals surface area contributed by atoms with Crippen LogP contribution < -0.4 is 0 Å². The first-order valence-electron chi connectivity index (χ1n) is 6.76. The minimum Gasteiger partial charge on any atom is -0.489 e. The third-order valence-corrected chi connectivity index (χ3v) is 3.55. The molecule has 1 aliphatic carbocycles. The summed E-state index contributed by atoms with van der Waals surface area (Å²) < 4.78 is 6.00. The van der Waals surface area contributed by atoms with Crippen LogP contribution in [0, 0.1) is 5.92 Å². The SMILES string of the molecule is CCC1C=C(C)C(OCc2ccccc2)=C(C)C1. The third-order valence-electron chi connectivity index (χ3n) is 3.55. The highest BCUT2D eigenvalue weighted by Crippen LogP contribution is 2.31. The first-order valence-corrected chi connectivity index (χ1v) is 6.76. The summed E-state index contributed by atoms with van der Waals surface area (Å²) in [4.78, 5) is 0. The van der Waals surface area contributed by atoms with E-state index in [2.05, 4.69) is 51.1 Å². The monoisotopic (exact) mass is 242 g/mol. The lowest BCUT2D eigenvalue weighted by Crippen LogP contribution is -2.09. The molecule has 96 valence electrons. The topological polar surface area (TPSA) is 9.23 Å². The maximum Gasteiger partial charge on any atom is 0.121 e. The van der Waals surface area contributed by atoms with Crippen LogP contribution >= 0.6 is 0 Å². The van der Waals surface area contributed by atoms with Gasteiger partial charge in [0.1, 0.15) is 12.4 Å². The van der Waals surface area contributed by atoms with Crippen molar-refractivity contribution < 1.29 is 4.74 Å². The minimum absolute atomic E-state index is 0.662. The molecule has 0 N–H and O–H groups in total. The number of rotatable bonds is 4. The summed E-state index contributed by atoms with van der Waals surface area (Å²) in [7, 11) is 0. The van der Waals surface area contributed by atoms with E-state index >= 15 is 0 Å². The number of benzene rings is 1. The van der Waals surface area contributed by atoms with E-state index in [4.69, 9.17) is 4.74 Å². The van der Waals surface area contributed by atoms with Crippen molar-refractivity contribution in [3.8, 4) is 0 Å². The fourth-order valence-electron chi connectivity index (χ4n) is 2.54. The van der Waals surface area contributed by atoms with E-state index in [0.717, 1.165) is 12.2 Å². The second-order valence-corrected chi connectivity index (χ2v) is 5.11. The van der Waals surface area contributed by atoms with Crippen molar-refractivity contribution >= 4 is 0 Å². The van der Waals surface area contributed by atoms with Crippen LogP contribution in [-0.4, -0.2) is 0 Å². The normalized spacial score (nSPS) is 19.7. The largest absolute Gasteiger partial charge is 0.489 e. The Balaban J connectivity index is 2.03. The maximum atomic E-state index is 6.00. The fourth-order valence-corrected chi connectivity index (χ4v) is 2.54. The molecule has 18 heavy (non-hydrogen) atoms. The molecule has 0 amide bonds. The molecule has 1 unspecified atom stereocenters. The Bertz CT molecular complexity index is 454. The quantitative estimate of drug-likeness (QED) is 0.733. The Morgan fingerprint density at radius 2 is 1.89 bits per heavy atom. The predicted octanol–water partition coefficient (Wildman–Crippen LogP) is 4.85. The number of hydrogen-bond donors (Lipinski definition) is 0. The van der Waals surface area contributed by atoms with Crippen molar-refractivity contribution in [2.24, 2.45) is 5.92 Å². The minimum atomic E-state index is 0.662. The first-order chi connectivity index (χ1) is 8.70. The van der Waals surface area contributed by atoms with Crippen LogP contribution in [0.3, 0.4) is 0 Å². The van der Waals surface area contributed by atoms with E-state index in [9.17, 15) is 0 Å². The van der Waals surface area contributed by atoms with Gasteiger partial charge in [0.05, 0.1) is 0 Å². The maximum absolute atomic E-state index is 6.00. The lowest BCUT2D eigenvalue weighted by molar-refractivity contribution is 0.199. The number of ether oxygens (including phenoxy) is 1. The fraction of sp³-hybridized carbons (Fsp3) is 0.412. The zero-order chi connectivity index (χ0) is 13.0. The summed E-state index contributed by atoms with van der Waals surface area (Å²) in [6.45, 7) is 7.26. The second kappa shape index (κ2) is 5.90. The van der Waals surface area contributed by atoms with Crippen LogP contribution in [0.15, 0.2) is 53.3 Å². The molecular formula is C17H22O. The highest BCUT2D eigenvalue weighted by Gasteiger charge is 2.17. The van der Waals surface area contributed by atoms with E-state index in [-0.39, 0.29) is 0 Å². The van der Waals surface area contributed by atoms with Gasteiger partial charge >= 0.3 is 0 Å². The van der Waals surface area contributed by atoms with Gasteiger partial charge in [0.25, 0.3) is 0 Å². The second-order valence-electron chi connectivity index (χ2n) is 5.11. The molecule has 0 spiro atoms. The molecule has 0 bridgehead atoms. The molecule has 0 radical (unpaired) electrons. The Kier molecular flexibility index (Phi) is 4.24.